The van der Waals surface area contributed by atoms with Gasteiger partial charge in [0, 0.05) is 43.8 Å². The molecule has 2 saturated heterocycles. The number of hydrogen-bond donors (Lipinski definition) is 0. The predicted molar refractivity (Wildman–Crippen MR) is 125 cm³/mol. The summed E-state index contributed by atoms with van der Waals surface area (Å²) >= 11 is 0. The zero-order valence-electron chi connectivity index (χ0n) is 19.6. The Morgan fingerprint density at radius 1 is 1.23 bits per heavy atom. The van der Waals surface area contributed by atoms with E-state index in [2.05, 4.69) is 67.8 Å². The molecule has 5 rings (SSSR count). The summed E-state index contributed by atoms with van der Waals surface area (Å²) in [5.74, 6) is 0.944. The number of ether oxygens (including phenoxy) is 1. The maximum absolute atomic E-state index is 12.9. The molecule has 0 radical (unpaired) electrons. The number of esters is 1. The topological polar surface area (TPSA) is 32.8 Å². The molecule has 2 heterocycles. The number of aryl methyl sites for hydroxylation is 1. The highest BCUT2D eigenvalue weighted by molar-refractivity contribution is 5.76. The third-order valence-corrected chi connectivity index (χ3v) is 8.58. The summed E-state index contributed by atoms with van der Waals surface area (Å²) in [5.41, 5.74) is 4.47. The van der Waals surface area contributed by atoms with Crippen molar-refractivity contribution in [1.82, 2.24) is 4.90 Å². The lowest BCUT2D eigenvalue weighted by Gasteiger charge is -2.46. The van der Waals surface area contributed by atoms with Gasteiger partial charge < -0.3 is 9.64 Å². The van der Waals surface area contributed by atoms with E-state index in [0.717, 1.165) is 32.6 Å². The maximum Gasteiger partial charge on any atom is 0.311 e. The van der Waals surface area contributed by atoms with Crippen LogP contribution in [0.1, 0.15) is 52.0 Å². The van der Waals surface area contributed by atoms with E-state index < -0.39 is 0 Å². The largest absolute Gasteiger partial charge is 0.461 e. The highest BCUT2D eigenvalue weighted by Crippen LogP contribution is 2.54. The number of carbonyl (C=O) groups excluding carboxylic acids is 1. The molecule has 0 bridgehead atoms. The van der Waals surface area contributed by atoms with Gasteiger partial charge in [-0.15, -0.1) is 0 Å². The Balaban J connectivity index is 1.29. The lowest BCUT2D eigenvalue weighted by molar-refractivity contribution is -0.145. The molecule has 1 aromatic rings. The second kappa shape index (κ2) is 7.95. The second-order valence-electron chi connectivity index (χ2n) is 11.0. The fourth-order valence-corrected chi connectivity index (χ4v) is 6.93. The van der Waals surface area contributed by atoms with Crippen molar-refractivity contribution in [2.24, 2.45) is 23.2 Å². The van der Waals surface area contributed by atoms with Crippen molar-refractivity contribution in [2.45, 2.75) is 65.5 Å². The summed E-state index contributed by atoms with van der Waals surface area (Å²) < 4.78 is 5.98. The molecule has 0 N–H and O–H groups in total. The molecule has 0 spiro atoms. The van der Waals surface area contributed by atoms with E-state index in [1.807, 2.05) is 0 Å². The number of nitrogens with zero attached hydrogens (tertiary/aromatic N) is 2. The van der Waals surface area contributed by atoms with Crippen molar-refractivity contribution >= 4 is 11.7 Å². The van der Waals surface area contributed by atoms with Crippen LogP contribution in [0.25, 0.3) is 0 Å². The number of hydrogen-bond acceptors (Lipinski definition) is 4. The van der Waals surface area contributed by atoms with Gasteiger partial charge in [-0.2, -0.15) is 0 Å². The van der Waals surface area contributed by atoms with Crippen LogP contribution in [0.2, 0.25) is 0 Å². The molecule has 0 unspecified atom stereocenters. The molecule has 2 aliphatic carbocycles. The maximum atomic E-state index is 12.9. The SMILES string of the molecule is Cc1cccc(N2CCN(C[C@@H]3C(=O)O[C@@H]4C[C@]5(C)CCC[C@H](C)C5=C[C@H]34)C[C@H]2C)c1. The summed E-state index contributed by atoms with van der Waals surface area (Å²) in [6.07, 6.45) is 7.42. The number of fused-ring (bicyclic) bond motifs is 2. The second-order valence-corrected chi connectivity index (χ2v) is 11.0. The molecule has 1 aromatic carbocycles. The molecule has 31 heavy (non-hydrogen) atoms. The van der Waals surface area contributed by atoms with Gasteiger partial charge in [0.05, 0.1) is 5.92 Å². The van der Waals surface area contributed by atoms with Crippen LogP contribution in [0.5, 0.6) is 0 Å². The van der Waals surface area contributed by atoms with E-state index >= 15 is 0 Å². The Bertz CT molecular complexity index is 880. The Kier molecular flexibility index (Phi) is 5.40. The average Bonchev–Trinajstić information content (AvgIpc) is 3.00. The first-order valence-electron chi connectivity index (χ1n) is 12.3. The van der Waals surface area contributed by atoms with E-state index in [1.54, 1.807) is 5.57 Å². The normalized spacial score (nSPS) is 38.3. The summed E-state index contributed by atoms with van der Waals surface area (Å²) in [7, 11) is 0. The third kappa shape index (κ3) is 3.82. The molecule has 4 nitrogen and oxygen atoms in total. The predicted octanol–water partition coefficient (Wildman–Crippen LogP) is 4.82. The minimum atomic E-state index is -0.00565. The van der Waals surface area contributed by atoms with Gasteiger partial charge in [-0.05, 0) is 62.1 Å². The van der Waals surface area contributed by atoms with Crippen LogP contribution in [-0.2, 0) is 9.53 Å². The molecular weight excluding hydrogens is 384 g/mol. The molecule has 168 valence electrons. The molecular formula is C27H38N2O2. The van der Waals surface area contributed by atoms with Crippen LogP contribution in [0.3, 0.4) is 0 Å². The number of allylic oxidation sites excluding steroid dienone is 1. The van der Waals surface area contributed by atoms with Gasteiger partial charge >= 0.3 is 5.97 Å². The fourth-order valence-electron chi connectivity index (χ4n) is 6.93. The smallest absolute Gasteiger partial charge is 0.311 e. The molecule has 3 fully saturated rings. The van der Waals surface area contributed by atoms with Crippen molar-refractivity contribution in [3.8, 4) is 0 Å². The minimum absolute atomic E-state index is 0.00565. The van der Waals surface area contributed by atoms with E-state index in [0.29, 0.717) is 12.0 Å². The zero-order chi connectivity index (χ0) is 21.8. The van der Waals surface area contributed by atoms with Crippen LogP contribution in [0.15, 0.2) is 35.9 Å². The van der Waals surface area contributed by atoms with Crippen LogP contribution >= 0.6 is 0 Å². The average molecular weight is 423 g/mol. The number of piperazine rings is 1. The summed E-state index contributed by atoms with van der Waals surface area (Å²) in [5, 5.41) is 0. The van der Waals surface area contributed by atoms with Gasteiger partial charge in [0.1, 0.15) is 6.10 Å². The molecule has 1 saturated carbocycles. The lowest BCUT2D eigenvalue weighted by atomic mass is 9.59. The Morgan fingerprint density at radius 2 is 2.06 bits per heavy atom. The lowest BCUT2D eigenvalue weighted by Crippen LogP contribution is -2.53. The summed E-state index contributed by atoms with van der Waals surface area (Å²) in [6.45, 7) is 13.1. The zero-order valence-corrected chi connectivity index (χ0v) is 19.6. The van der Waals surface area contributed by atoms with Crippen LogP contribution in [-0.4, -0.2) is 49.2 Å². The first-order chi connectivity index (χ1) is 14.8. The van der Waals surface area contributed by atoms with Gasteiger partial charge in [0.2, 0.25) is 0 Å². The number of anilines is 1. The van der Waals surface area contributed by atoms with Crippen molar-refractivity contribution in [3.63, 3.8) is 0 Å². The third-order valence-electron chi connectivity index (χ3n) is 8.58. The molecule has 0 amide bonds. The standard InChI is InChI=1S/C27H38N2O2/c1-18-7-5-9-21(13-18)29-12-11-28(16-20(29)3)17-23-22-14-24-19(2)8-6-10-27(24,4)15-25(22)31-26(23)30/h5,7,9,13-14,19-20,22-23,25H,6,8,10-12,15-17H2,1-4H3/t19-,20+,22+,23-,25+,27-/m0/s1. The molecule has 4 heteroatoms. The molecule has 0 aromatic heterocycles. The van der Waals surface area contributed by atoms with Gasteiger partial charge in [0.15, 0.2) is 0 Å². The highest BCUT2D eigenvalue weighted by Gasteiger charge is 2.52. The van der Waals surface area contributed by atoms with Crippen molar-refractivity contribution in [3.05, 3.63) is 41.5 Å². The van der Waals surface area contributed by atoms with Crippen LogP contribution in [0.4, 0.5) is 5.69 Å². The minimum Gasteiger partial charge on any atom is -0.461 e. The first-order valence-corrected chi connectivity index (χ1v) is 12.3. The van der Waals surface area contributed by atoms with E-state index in [9.17, 15) is 4.79 Å². The fraction of sp³-hybridized carbons (Fsp3) is 0.667. The van der Waals surface area contributed by atoms with Crippen molar-refractivity contribution in [2.75, 3.05) is 31.1 Å². The van der Waals surface area contributed by atoms with E-state index in [4.69, 9.17) is 4.74 Å². The first kappa shape index (κ1) is 21.1. The van der Waals surface area contributed by atoms with Gasteiger partial charge in [-0.25, -0.2) is 0 Å². The van der Waals surface area contributed by atoms with Crippen molar-refractivity contribution < 1.29 is 9.53 Å². The molecule has 6 atom stereocenters. The highest BCUT2D eigenvalue weighted by atomic mass is 16.6. The Hall–Kier alpha value is -1.81. The summed E-state index contributed by atoms with van der Waals surface area (Å²) in [4.78, 5) is 17.9. The number of carbonyl (C=O) groups is 1. The van der Waals surface area contributed by atoms with E-state index in [-0.39, 0.29) is 29.3 Å². The molecule has 4 aliphatic rings. The Morgan fingerprint density at radius 3 is 2.84 bits per heavy atom. The van der Waals surface area contributed by atoms with Crippen LogP contribution in [0, 0.1) is 30.1 Å². The van der Waals surface area contributed by atoms with Gasteiger partial charge in [0.25, 0.3) is 0 Å². The monoisotopic (exact) mass is 422 g/mol. The number of benzene rings is 1. The molecule has 2 aliphatic heterocycles. The quantitative estimate of drug-likeness (QED) is 0.516. The van der Waals surface area contributed by atoms with Crippen molar-refractivity contribution in [1.29, 1.82) is 0 Å². The Labute approximate surface area is 187 Å². The number of rotatable bonds is 3. The van der Waals surface area contributed by atoms with Gasteiger partial charge in [-0.3, -0.25) is 9.69 Å². The summed E-state index contributed by atoms with van der Waals surface area (Å²) in [6, 6.07) is 9.24. The van der Waals surface area contributed by atoms with E-state index in [1.165, 1.54) is 30.5 Å². The van der Waals surface area contributed by atoms with Gasteiger partial charge in [-0.1, -0.05) is 44.1 Å². The van der Waals surface area contributed by atoms with Crippen LogP contribution < -0.4 is 4.90 Å².